The van der Waals surface area contributed by atoms with E-state index in [-0.39, 0.29) is 5.41 Å². The number of carbonyl (C=O) groups excluding carboxylic acids is 1. The molecule has 0 fully saturated rings. The van der Waals surface area contributed by atoms with E-state index in [9.17, 15) is 14.4 Å². The number of benzene rings is 1. The number of nitrogens with one attached hydrogen (secondary N) is 1. The first kappa shape index (κ1) is 18.4. The second-order valence-electron chi connectivity index (χ2n) is 7.14. The van der Waals surface area contributed by atoms with Crippen molar-refractivity contribution in [3.05, 3.63) is 29.3 Å². The molecule has 1 rings (SSSR count). The van der Waals surface area contributed by atoms with E-state index in [1.807, 2.05) is 19.5 Å². The van der Waals surface area contributed by atoms with Crippen molar-refractivity contribution < 1.29 is 19.5 Å². The molecule has 0 spiro atoms. The summed E-state index contributed by atoms with van der Waals surface area (Å²) in [4.78, 5) is 33.8. The fourth-order valence-corrected chi connectivity index (χ4v) is 6.25. The molecule has 1 atom stereocenters. The van der Waals surface area contributed by atoms with Crippen LogP contribution in [-0.2, 0) is 4.79 Å². The summed E-state index contributed by atoms with van der Waals surface area (Å²) in [7, 11) is -2.82. The molecular formula is C16H25NO4Si. The van der Waals surface area contributed by atoms with Gasteiger partial charge in [0.15, 0.2) is 0 Å². The van der Waals surface area contributed by atoms with Gasteiger partial charge in [-0.3, -0.25) is 9.59 Å². The van der Waals surface area contributed by atoms with Crippen molar-refractivity contribution in [1.82, 2.24) is 5.32 Å². The molecule has 22 heavy (non-hydrogen) atoms. The highest BCUT2D eigenvalue weighted by Crippen LogP contribution is 2.26. The lowest BCUT2D eigenvalue weighted by Gasteiger charge is -2.30. The molecule has 0 aliphatic rings. The Morgan fingerprint density at radius 2 is 1.86 bits per heavy atom. The molecule has 3 N–H and O–H groups in total. The van der Waals surface area contributed by atoms with Crippen LogP contribution < -0.4 is 10.5 Å². The molecule has 5 nitrogen and oxygen atoms in total. The van der Waals surface area contributed by atoms with E-state index in [1.165, 1.54) is 0 Å². The molecule has 0 aliphatic carbocycles. The van der Waals surface area contributed by atoms with Crippen LogP contribution >= 0.6 is 0 Å². The maximum Gasteiger partial charge on any atom is 0.322 e. The number of carboxylic acid groups (broad SMARTS) is 1. The van der Waals surface area contributed by atoms with Gasteiger partial charge in [0.05, 0.1) is 0 Å². The summed E-state index contributed by atoms with van der Waals surface area (Å²) in [5.74, 6) is -1.56. The second kappa shape index (κ2) is 6.62. The number of amides is 1. The molecule has 0 bridgehead atoms. The number of carbonyl (C=O) groups is 2. The van der Waals surface area contributed by atoms with Crippen LogP contribution in [0.1, 0.15) is 36.7 Å². The van der Waals surface area contributed by atoms with Gasteiger partial charge >= 0.3 is 5.97 Å². The topological polar surface area (TPSA) is 86.6 Å². The summed E-state index contributed by atoms with van der Waals surface area (Å²) in [5, 5.41) is 11.7. The molecule has 0 aliphatic heterocycles. The van der Waals surface area contributed by atoms with Crippen LogP contribution in [0.15, 0.2) is 18.2 Å². The van der Waals surface area contributed by atoms with Crippen LogP contribution in [0.25, 0.3) is 0 Å². The van der Waals surface area contributed by atoms with Crippen molar-refractivity contribution in [3.8, 4) is 0 Å². The predicted octanol–water partition coefficient (Wildman–Crippen LogP) is 1.63. The fourth-order valence-electron chi connectivity index (χ4n) is 2.68. The summed E-state index contributed by atoms with van der Waals surface area (Å²) >= 11 is 0. The standard InChI is InChI=1S/C16H25NO4Si/c1-11-6-7-12(15(20)17-9-14(18)19)13(8-11)22(5,21)10-16(2,3)4/h6-8,21H,9-10H2,1-5H3,(H,17,20)(H,18,19). The fraction of sp³-hybridized carbons (Fsp3) is 0.500. The van der Waals surface area contributed by atoms with Crippen LogP contribution in [-0.4, -0.2) is 36.6 Å². The Labute approximate surface area is 132 Å². The third-order valence-electron chi connectivity index (χ3n) is 3.27. The summed E-state index contributed by atoms with van der Waals surface area (Å²) in [6, 6.07) is 5.91. The maximum atomic E-state index is 12.2. The lowest BCUT2D eigenvalue weighted by molar-refractivity contribution is -0.135. The van der Waals surface area contributed by atoms with E-state index >= 15 is 0 Å². The summed E-state index contributed by atoms with van der Waals surface area (Å²) < 4.78 is 0. The molecule has 122 valence electrons. The van der Waals surface area contributed by atoms with E-state index in [2.05, 4.69) is 26.1 Å². The monoisotopic (exact) mass is 323 g/mol. The van der Waals surface area contributed by atoms with Gasteiger partial charge in [-0.25, -0.2) is 0 Å². The quantitative estimate of drug-likeness (QED) is 0.719. The first-order valence-corrected chi connectivity index (χ1v) is 9.91. The zero-order chi connectivity index (χ0) is 17.1. The number of hydrogen-bond acceptors (Lipinski definition) is 3. The predicted molar refractivity (Wildman–Crippen MR) is 88.9 cm³/mol. The van der Waals surface area contributed by atoms with Crippen molar-refractivity contribution in [3.63, 3.8) is 0 Å². The first-order chi connectivity index (χ1) is 9.92. The van der Waals surface area contributed by atoms with Gasteiger partial charge in [0.1, 0.15) is 6.54 Å². The molecular weight excluding hydrogens is 298 g/mol. The molecule has 1 aromatic rings. The normalized spacial score (nSPS) is 14.3. The zero-order valence-corrected chi connectivity index (χ0v) is 14.9. The molecule has 0 saturated heterocycles. The van der Waals surface area contributed by atoms with E-state index in [4.69, 9.17) is 5.11 Å². The van der Waals surface area contributed by atoms with Gasteiger partial charge in [-0.15, -0.1) is 0 Å². The maximum absolute atomic E-state index is 12.2. The smallest absolute Gasteiger partial charge is 0.322 e. The molecule has 1 amide bonds. The molecule has 0 saturated carbocycles. The number of carboxylic acids is 1. The largest absolute Gasteiger partial charge is 0.480 e. The Hall–Kier alpha value is -1.66. The van der Waals surface area contributed by atoms with Gasteiger partial charge in [0, 0.05) is 5.56 Å². The molecule has 1 unspecified atom stereocenters. The van der Waals surface area contributed by atoms with E-state index in [0.717, 1.165) is 5.56 Å². The van der Waals surface area contributed by atoms with Gasteiger partial charge in [-0.2, -0.15) is 0 Å². The third kappa shape index (κ3) is 5.27. The first-order valence-electron chi connectivity index (χ1n) is 7.26. The minimum atomic E-state index is -2.82. The average molecular weight is 323 g/mol. The second-order valence-corrected chi connectivity index (χ2v) is 10.6. The highest BCUT2D eigenvalue weighted by molar-refractivity contribution is 6.85. The van der Waals surface area contributed by atoms with Crippen molar-refractivity contribution in [2.45, 2.75) is 40.3 Å². The zero-order valence-electron chi connectivity index (χ0n) is 13.9. The van der Waals surface area contributed by atoms with E-state index in [1.54, 1.807) is 12.1 Å². The van der Waals surface area contributed by atoms with Crippen LogP contribution in [0.2, 0.25) is 12.6 Å². The lowest BCUT2D eigenvalue weighted by atomic mass is 10.0. The molecule has 0 aromatic heterocycles. The van der Waals surface area contributed by atoms with Gasteiger partial charge in [0.2, 0.25) is 8.32 Å². The number of hydrogen-bond donors (Lipinski definition) is 3. The lowest BCUT2D eigenvalue weighted by Crippen LogP contribution is -2.51. The SMILES string of the molecule is Cc1ccc(C(=O)NCC(=O)O)c([Si](C)(O)CC(C)(C)C)c1. The van der Waals surface area contributed by atoms with Crippen molar-refractivity contribution in [1.29, 1.82) is 0 Å². The van der Waals surface area contributed by atoms with Crippen LogP contribution in [0.4, 0.5) is 0 Å². The Bertz CT molecular complexity index is 576. The van der Waals surface area contributed by atoms with Gasteiger partial charge < -0.3 is 15.2 Å². The number of aryl methyl sites for hydroxylation is 1. The van der Waals surface area contributed by atoms with Crippen molar-refractivity contribution in [2.75, 3.05) is 6.54 Å². The average Bonchev–Trinajstić information content (AvgIpc) is 2.33. The van der Waals surface area contributed by atoms with Gasteiger partial charge in [-0.1, -0.05) is 38.5 Å². The minimum absolute atomic E-state index is 0.0612. The molecule has 1 aromatic carbocycles. The molecule has 6 heteroatoms. The van der Waals surface area contributed by atoms with Crippen molar-refractivity contribution >= 4 is 25.4 Å². The van der Waals surface area contributed by atoms with E-state index in [0.29, 0.717) is 16.8 Å². The minimum Gasteiger partial charge on any atom is -0.480 e. The van der Waals surface area contributed by atoms with Crippen molar-refractivity contribution in [2.24, 2.45) is 5.41 Å². The van der Waals surface area contributed by atoms with Crippen LogP contribution in [0.5, 0.6) is 0 Å². The third-order valence-corrected chi connectivity index (χ3v) is 6.60. The highest BCUT2D eigenvalue weighted by atomic mass is 28.4. The Balaban J connectivity index is 3.20. The summed E-state index contributed by atoms with van der Waals surface area (Å²) in [5.41, 5.74) is 1.27. The Morgan fingerprint density at radius 1 is 1.27 bits per heavy atom. The summed E-state index contributed by atoms with van der Waals surface area (Å²) in [6.45, 7) is 9.44. The molecule has 0 heterocycles. The van der Waals surface area contributed by atoms with E-state index < -0.39 is 26.7 Å². The molecule has 0 radical (unpaired) electrons. The van der Waals surface area contributed by atoms with Crippen LogP contribution in [0, 0.1) is 12.3 Å². The Kier molecular flexibility index (Phi) is 5.53. The van der Waals surface area contributed by atoms with Gasteiger partial charge in [-0.05, 0) is 36.2 Å². The number of aliphatic carboxylic acids is 1. The van der Waals surface area contributed by atoms with Crippen LogP contribution in [0.3, 0.4) is 0 Å². The summed E-state index contributed by atoms with van der Waals surface area (Å²) in [6.07, 6.45) is 0. The number of rotatable bonds is 5. The highest BCUT2D eigenvalue weighted by Gasteiger charge is 2.35. The van der Waals surface area contributed by atoms with Gasteiger partial charge in [0.25, 0.3) is 5.91 Å². The Morgan fingerprint density at radius 3 is 2.36 bits per heavy atom.